The van der Waals surface area contributed by atoms with Crippen LogP contribution in [-0.2, 0) is 4.79 Å². The van der Waals surface area contributed by atoms with Gasteiger partial charge >= 0.3 is 0 Å². The molecule has 0 aliphatic carbocycles. The van der Waals surface area contributed by atoms with Crippen LogP contribution in [0.15, 0.2) is 36.4 Å². The summed E-state index contributed by atoms with van der Waals surface area (Å²) in [5, 5.41) is 6.63. The van der Waals surface area contributed by atoms with Crippen LogP contribution in [0.3, 0.4) is 0 Å². The van der Waals surface area contributed by atoms with Crippen LogP contribution >= 0.6 is 23.2 Å². The Kier molecular flexibility index (Phi) is 5.96. The number of nitrogens with one attached hydrogen (secondary N) is 2. The Morgan fingerprint density at radius 1 is 0.957 bits per heavy atom. The molecule has 0 saturated carbocycles. The van der Waals surface area contributed by atoms with Crippen LogP contribution in [-0.4, -0.2) is 26.7 Å². The number of rotatable bonds is 6. The van der Waals surface area contributed by atoms with E-state index < -0.39 is 0 Å². The van der Waals surface area contributed by atoms with Crippen LogP contribution < -0.4 is 20.1 Å². The lowest BCUT2D eigenvalue weighted by molar-refractivity contribution is -0.114. The predicted octanol–water partition coefficient (Wildman–Crippen LogP) is 4.06. The number of carbonyl (C=O) groups excluding carboxylic acids is 1. The first-order valence-electron chi connectivity index (χ1n) is 6.74. The maximum absolute atomic E-state index is 12.0. The molecule has 0 saturated heterocycles. The van der Waals surface area contributed by atoms with E-state index in [-0.39, 0.29) is 12.5 Å². The van der Waals surface area contributed by atoms with Gasteiger partial charge in [0, 0.05) is 17.4 Å². The van der Waals surface area contributed by atoms with Crippen molar-refractivity contribution in [2.75, 3.05) is 31.4 Å². The van der Waals surface area contributed by atoms with Crippen molar-refractivity contribution in [1.82, 2.24) is 0 Å². The quantitative estimate of drug-likeness (QED) is 0.820. The second kappa shape index (κ2) is 7.94. The molecule has 2 aromatic carbocycles. The number of anilines is 2. The molecule has 0 heterocycles. The Bertz CT molecular complexity index is 708. The zero-order valence-corrected chi connectivity index (χ0v) is 14.2. The third kappa shape index (κ3) is 4.68. The van der Waals surface area contributed by atoms with Gasteiger partial charge in [-0.1, -0.05) is 23.2 Å². The average Bonchev–Trinajstić information content (AvgIpc) is 2.55. The molecule has 23 heavy (non-hydrogen) atoms. The van der Waals surface area contributed by atoms with Crippen molar-refractivity contribution in [3.05, 3.63) is 46.4 Å². The van der Waals surface area contributed by atoms with E-state index >= 15 is 0 Å². The minimum absolute atomic E-state index is 0.0896. The number of carbonyl (C=O) groups is 1. The van der Waals surface area contributed by atoms with Crippen LogP contribution in [0.2, 0.25) is 10.0 Å². The van der Waals surface area contributed by atoms with E-state index in [9.17, 15) is 4.79 Å². The molecule has 0 radical (unpaired) electrons. The van der Waals surface area contributed by atoms with E-state index in [2.05, 4.69) is 10.6 Å². The van der Waals surface area contributed by atoms with Gasteiger partial charge in [-0.3, -0.25) is 4.79 Å². The second-order valence-electron chi connectivity index (χ2n) is 4.60. The first-order chi connectivity index (χ1) is 11.0. The zero-order chi connectivity index (χ0) is 16.8. The van der Waals surface area contributed by atoms with Gasteiger partial charge in [-0.15, -0.1) is 0 Å². The summed E-state index contributed by atoms with van der Waals surface area (Å²) in [6.07, 6.45) is 0. The fourth-order valence-electron chi connectivity index (χ4n) is 1.91. The topological polar surface area (TPSA) is 59.6 Å². The van der Waals surface area contributed by atoms with Crippen LogP contribution in [0.1, 0.15) is 0 Å². The summed E-state index contributed by atoms with van der Waals surface area (Å²) in [5.41, 5.74) is 1.32. The molecule has 0 bridgehead atoms. The molecule has 0 unspecified atom stereocenters. The summed E-state index contributed by atoms with van der Waals surface area (Å²) >= 11 is 11.8. The fourth-order valence-corrected chi connectivity index (χ4v) is 2.21. The van der Waals surface area contributed by atoms with E-state index in [1.807, 2.05) is 0 Å². The molecule has 1 amide bonds. The monoisotopic (exact) mass is 354 g/mol. The van der Waals surface area contributed by atoms with Crippen molar-refractivity contribution in [2.24, 2.45) is 0 Å². The number of ether oxygens (including phenoxy) is 2. The Hall–Kier alpha value is -2.11. The van der Waals surface area contributed by atoms with E-state index in [0.29, 0.717) is 32.9 Å². The highest BCUT2D eigenvalue weighted by Gasteiger charge is 2.08. The first-order valence-corrected chi connectivity index (χ1v) is 7.50. The Labute approximate surface area is 144 Å². The van der Waals surface area contributed by atoms with Crippen LogP contribution in [0.25, 0.3) is 0 Å². The van der Waals surface area contributed by atoms with Crippen LogP contribution in [0.4, 0.5) is 11.4 Å². The summed E-state index contributed by atoms with van der Waals surface area (Å²) in [5.74, 6) is 0.936. The molecule has 0 spiro atoms. The Morgan fingerprint density at radius 3 is 2.30 bits per heavy atom. The first kappa shape index (κ1) is 17.2. The van der Waals surface area contributed by atoms with E-state index in [1.54, 1.807) is 43.5 Å². The molecule has 122 valence electrons. The molecule has 0 aliphatic rings. The molecule has 5 nitrogen and oxygen atoms in total. The number of halogens is 2. The standard InChI is InChI=1S/C16H16Cl2N2O3/c1-22-14-6-4-11(8-15(14)23-2)20-16(21)9-19-10-3-5-12(17)13(18)7-10/h3-8,19H,9H2,1-2H3,(H,20,21). The van der Waals surface area contributed by atoms with Gasteiger partial charge in [-0.05, 0) is 30.3 Å². The van der Waals surface area contributed by atoms with Gasteiger partial charge in [0.15, 0.2) is 11.5 Å². The minimum atomic E-state index is -0.205. The summed E-state index contributed by atoms with van der Waals surface area (Å²) in [7, 11) is 3.09. The maximum atomic E-state index is 12.0. The third-order valence-corrected chi connectivity index (χ3v) is 3.78. The molecule has 0 atom stereocenters. The van der Waals surface area contributed by atoms with Crippen molar-refractivity contribution in [3.63, 3.8) is 0 Å². The highest BCUT2D eigenvalue weighted by atomic mass is 35.5. The number of methoxy groups -OCH3 is 2. The van der Waals surface area contributed by atoms with Crippen LogP contribution in [0, 0.1) is 0 Å². The molecule has 2 rings (SSSR count). The van der Waals surface area contributed by atoms with Crippen molar-refractivity contribution in [3.8, 4) is 11.5 Å². The minimum Gasteiger partial charge on any atom is -0.493 e. The van der Waals surface area contributed by atoms with Crippen molar-refractivity contribution in [1.29, 1.82) is 0 Å². The second-order valence-corrected chi connectivity index (χ2v) is 5.41. The van der Waals surface area contributed by atoms with Gasteiger partial charge in [0.1, 0.15) is 0 Å². The van der Waals surface area contributed by atoms with Crippen molar-refractivity contribution >= 4 is 40.5 Å². The molecule has 0 aromatic heterocycles. The van der Waals surface area contributed by atoms with E-state index in [0.717, 1.165) is 0 Å². The Balaban J connectivity index is 1.95. The summed E-state index contributed by atoms with van der Waals surface area (Å²) in [4.78, 5) is 12.0. The molecule has 0 fully saturated rings. The van der Waals surface area contributed by atoms with Gasteiger partial charge in [-0.2, -0.15) is 0 Å². The SMILES string of the molecule is COc1ccc(NC(=O)CNc2ccc(Cl)c(Cl)c2)cc1OC. The largest absolute Gasteiger partial charge is 0.493 e. The molecular formula is C16H16Cl2N2O3. The maximum Gasteiger partial charge on any atom is 0.243 e. The fraction of sp³-hybridized carbons (Fsp3) is 0.188. The van der Waals surface area contributed by atoms with Crippen molar-refractivity contribution < 1.29 is 14.3 Å². The van der Waals surface area contributed by atoms with Gasteiger partial charge in [0.25, 0.3) is 0 Å². The lowest BCUT2D eigenvalue weighted by Gasteiger charge is -2.11. The molecule has 7 heteroatoms. The summed E-state index contributed by atoms with van der Waals surface area (Å²) in [6, 6.07) is 10.2. The summed E-state index contributed by atoms with van der Waals surface area (Å²) in [6.45, 7) is 0.0896. The normalized spacial score (nSPS) is 10.1. The number of hydrogen-bond acceptors (Lipinski definition) is 4. The average molecular weight is 355 g/mol. The molecule has 2 N–H and O–H groups in total. The molecule has 0 aliphatic heterocycles. The molecule has 2 aromatic rings. The van der Waals surface area contributed by atoms with Crippen molar-refractivity contribution in [2.45, 2.75) is 0 Å². The van der Waals surface area contributed by atoms with Crippen LogP contribution in [0.5, 0.6) is 11.5 Å². The summed E-state index contributed by atoms with van der Waals surface area (Å²) < 4.78 is 10.3. The number of amides is 1. The lowest BCUT2D eigenvalue weighted by Crippen LogP contribution is -2.21. The Morgan fingerprint density at radius 2 is 1.65 bits per heavy atom. The highest BCUT2D eigenvalue weighted by Crippen LogP contribution is 2.29. The number of hydrogen-bond donors (Lipinski definition) is 2. The van der Waals surface area contributed by atoms with Gasteiger partial charge in [0.2, 0.25) is 5.91 Å². The number of benzene rings is 2. The van der Waals surface area contributed by atoms with Gasteiger partial charge in [0.05, 0.1) is 30.8 Å². The third-order valence-electron chi connectivity index (χ3n) is 3.04. The smallest absolute Gasteiger partial charge is 0.243 e. The molecular weight excluding hydrogens is 339 g/mol. The van der Waals surface area contributed by atoms with Gasteiger partial charge in [-0.25, -0.2) is 0 Å². The zero-order valence-electron chi connectivity index (χ0n) is 12.7. The highest BCUT2D eigenvalue weighted by molar-refractivity contribution is 6.42. The predicted molar refractivity (Wildman–Crippen MR) is 93.1 cm³/mol. The van der Waals surface area contributed by atoms with E-state index in [4.69, 9.17) is 32.7 Å². The van der Waals surface area contributed by atoms with Gasteiger partial charge < -0.3 is 20.1 Å². The van der Waals surface area contributed by atoms with E-state index in [1.165, 1.54) is 7.11 Å². The lowest BCUT2D eigenvalue weighted by atomic mass is 10.2.